The second-order valence-corrected chi connectivity index (χ2v) is 4.21. The van der Waals surface area contributed by atoms with Gasteiger partial charge in [0, 0.05) is 13.0 Å². The molecule has 0 spiro atoms. The first-order valence-corrected chi connectivity index (χ1v) is 5.50. The van der Waals surface area contributed by atoms with E-state index in [4.69, 9.17) is 0 Å². The molecule has 0 aromatic heterocycles. The van der Waals surface area contributed by atoms with Crippen LogP contribution >= 0.6 is 0 Å². The number of ether oxygens (including phenoxy) is 1. The predicted molar refractivity (Wildman–Crippen MR) is 56.1 cm³/mol. The maximum atomic E-state index is 11.1. The largest absolute Gasteiger partial charge is 0.469 e. The van der Waals surface area contributed by atoms with Gasteiger partial charge in [0.15, 0.2) is 0 Å². The molecule has 0 radical (unpaired) electrons. The molecule has 0 bridgehead atoms. The standard InChI is InChI=1S/C11H21NO2/c1-3-11(6-4-8-12-9-11)7-5-10(13)14-2/h12H,3-9H2,1-2H3/t11-/m1/s1. The molecule has 0 amide bonds. The summed E-state index contributed by atoms with van der Waals surface area (Å²) in [7, 11) is 1.46. The Morgan fingerprint density at radius 1 is 1.57 bits per heavy atom. The lowest BCUT2D eigenvalue weighted by Crippen LogP contribution is -2.39. The second kappa shape index (κ2) is 5.35. The molecule has 1 rings (SSSR count). The molecule has 82 valence electrons. The van der Waals surface area contributed by atoms with Crippen LogP contribution in [0.5, 0.6) is 0 Å². The van der Waals surface area contributed by atoms with E-state index in [0.717, 1.165) is 25.9 Å². The highest BCUT2D eigenvalue weighted by atomic mass is 16.5. The monoisotopic (exact) mass is 199 g/mol. The number of carbonyl (C=O) groups excluding carboxylic acids is 1. The number of carbonyl (C=O) groups is 1. The van der Waals surface area contributed by atoms with Crippen molar-refractivity contribution in [3.63, 3.8) is 0 Å². The fourth-order valence-electron chi connectivity index (χ4n) is 2.19. The van der Waals surface area contributed by atoms with Crippen LogP contribution in [0.3, 0.4) is 0 Å². The van der Waals surface area contributed by atoms with E-state index >= 15 is 0 Å². The molecule has 1 aliphatic heterocycles. The van der Waals surface area contributed by atoms with E-state index in [9.17, 15) is 4.79 Å². The van der Waals surface area contributed by atoms with Gasteiger partial charge < -0.3 is 10.1 Å². The van der Waals surface area contributed by atoms with E-state index < -0.39 is 0 Å². The van der Waals surface area contributed by atoms with E-state index in [2.05, 4.69) is 17.0 Å². The molecule has 0 saturated carbocycles. The third-order valence-electron chi connectivity index (χ3n) is 3.40. The number of nitrogens with one attached hydrogen (secondary N) is 1. The smallest absolute Gasteiger partial charge is 0.305 e. The van der Waals surface area contributed by atoms with Crippen LogP contribution in [0.2, 0.25) is 0 Å². The first kappa shape index (κ1) is 11.5. The summed E-state index contributed by atoms with van der Waals surface area (Å²) in [6.07, 6.45) is 5.15. The van der Waals surface area contributed by atoms with Gasteiger partial charge >= 0.3 is 5.97 Å². The maximum absolute atomic E-state index is 11.1. The van der Waals surface area contributed by atoms with Gasteiger partial charge in [-0.1, -0.05) is 6.92 Å². The number of piperidine rings is 1. The summed E-state index contributed by atoms with van der Waals surface area (Å²) >= 11 is 0. The zero-order valence-electron chi connectivity index (χ0n) is 9.27. The van der Waals surface area contributed by atoms with Crippen molar-refractivity contribution in [2.24, 2.45) is 5.41 Å². The predicted octanol–water partition coefficient (Wildman–Crippen LogP) is 1.72. The van der Waals surface area contributed by atoms with E-state index in [1.165, 1.54) is 20.0 Å². The molecule has 1 atom stereocenters. The molecule has 14 heavy (non-hydrogen) atoms. The normalized spacial score (nSPS) is 27.3. The topological polar surface area (TPSA) is 38.3 Å². The Hall–Kier alpha value is -0.570. The van der Waals surface area contributed by atoms with Crippen LogP contribution in [0.25, 0.3) is 0 Å². The zero-order valence-corrected chi connectivity index (χ0v) is 9.27. The van der Waals surface area contributed by atoms with Crippen molar-refractivity contribution < 1.29 is 9.53 Å². The summed E-state index contributed by atoms with van der Waals surface area (Å²) < 4.78 is 4.67. The van der Waals surface area contributed by atoms with Crippen molar-refractivity contribution in [2.45, 2.75) is 39.0 Å². The van der Waals surface area contributed by atoms with Crippen molar-refractivity contribution in [3.8, 4) is 0 Å². The molecular formula is C11H21NO2. The number of hydrogen-bond acceptors (Lipinski definition) is 3. The molecule has 3 heteroatoms. The summed E-state index contributed by atoms with van der Waals surface area (Å²) in [4.78, 5) is 11.1. The van der Waals surface area contributed by atoms with Gasteiger partial charge in [-0.3, -0.25) is 4.79 Å². The Bertz CT molecular complexity index is 186. The molecule has 0 aromatic carbocycles. The lowest BCUT2D eigenvalue weighted by molar-refractivity contribution is -0.141. The number of hydrogen-bond donors (Lipinski definition) is 1. The highest BCUT2D eigenvalue weighted by Gasteiger charge is 2.30. The Morgan fingerprint density at radius 2 is 2.36 bits per heavy atom. The highest BCUT2D eigenvalue weighted by molar-refractivity contribution is 5.69. The summed E-state index contributed by atoms with van der Waals surface area (Å²) in [5.74, 6) is -0.0802. The average Bonchev–Trinajstić information content (AvgIpc) is 2.27. The van der Waals surface area contributed by atoms with E-state index in [0.29, 0.717) is 11.8 Å². The van der Waals surface area contributed by atoms with Gasteiger partial charge in [0.1, 0.15) is 0 Å². The van der Waals surface area contributed by atoms with E-state index in [-0.39, 0.29) is 5.97 Å². The lowest BCUT2D eigenvalue weighted by Gasteiger charge is -2.36. The summed E-state index contributed by atoms with van der Waals surface area (Å²) in [6.45, 7) is 4.39. The average molecular weight is 199 g/mol. The van der Waals surface area contributed by atoms with Crippen LogP contribution in [0.1, 0.15) is 39.0 Å². The molecule has 0 aromatic rings. The minimum atomic E-state index is -0.0802. The molecular weight excluding hydrogens is 178 g/mol. The Morgan fingerprint density at radius 3 is 2.86 bits per heavy atom. The molecule has 1 N–H and O–H groups in total. The fourth-order valence-corrected chi connectivity index (χ4v) is 2.19. The van der Waals surface area contributed by atoms with Gasteiger partial charge in [-0.15, -0.1) is 0 Å². The van der Waals surface area contributed by atoms with E-state index in [1.807, 2.05) is 0 Å². The molecule has 1 heterocycles. The van der Waals surface area contributed by atoms with Gasteiger partial charge in [-0.25, -0.2) is 0 Å². The van der Waals surface area contributed by atoms with Crippen molar-refractivity contribution in [2.75, 3.05) is 20.2 Å². The number of esters is 1. The van der Waals surface area contributed by atoms with Gasteiger partial charge in [-0.05, 0) is 37.6 Å². The summed E-state index contributed by atoms with van der Waals surface area (Å²) in [6, 6.07) is 0. The van der Waals surface area contributed by atoms with Crippen LogP contribution < -0.4 is 5.32 Å². The molecule has 1 saturated heterocycles. The Labute approximate surface area is 86.2 Å². The third kappa shape index (κ3) is 2.98. The first-order chi connectivity index (χ1) is 6.72. The molecule has 1 fully saturated rings. The fraction of sp³-hybridized carbons (Fsp3) is 0.909. The Kier molecular flexibility index (Phi) is 4.39. The second-order valence-electron chi connectivity index (χ2n) is 4.21. The summed E-state index contributed by atoms with van der Waals surface area (Å²) in [5.41, 5.74) is 0.340. The van der Waals surface area contributed by atoms with Crippen molar-refractivity contribution >= 4 is 5.97 Å². The first-order valence-electron chi connectivity index (χ1n) is 5.50. The number of rotatable bonds is 4. The zero-order chi connectivity index (χ0) is 10.4. The molecule has 0 unspecified atom stereocenters. The molecule has 3 nitrogen and oxygen atoms in total. The molecule has 0 aliphatic carbocycles. The molecule has 1 aliphatic rings. The Balaban J connectivity index is 2.39. The minimum Gasteiger partial charge on any atom is -0.469 e. The van der Waals surface area contributed by atoms with Crippen LogP contribution in [-0.2, 0) is 9.53 Å². The van der Waals surface area contributed by atoms with Gasteiger partial charge in [-0.2, -0.15) is 0 Å². The highest BCUT2D eigenvalue weighted by Crippen LogP contribution is 2.34. The maximum Gasteiger partial charge on any atom is 0.305 e. The third-order valence-corrected chi connectivity index (χ3v) is 3.40. The van der Waals surface area contributed by atoms with Crippen molar-refractivity contribution in [1.82, 2.24) is 5.32 Å². The van der Waals surface area contributed by atoms with Crippen LogP contribution in [0.15, 0.2) is 0 Å². The van der Waals surface area contributed by atoms with Crippen molar-refractivity contribution in [1.29, 1.82) is 0 Å². The lowest BCUT2D eigenvalue weighted by atomic mass is 9.75. The quantitative estimate of drug-likeness (QED) is 0.701. The van der Waals surface area contributed by atoms with Gasteiger partial charge in [0.2, 0.25) is 0 Å². The minimum absolute atomic E-state index is 0.0802. The van der Waals surface area contributed by atoms with Gasteiger partial charge in [0.05, 0.1) is 7.11 Å². The van der Waals surface area contributed by atoms with Crippen LogP contribution in [-0.4, -0.2) is 26.2 Å². The van der Waals surface area contributed by atoms with E-state index in [1.54, 1.807) is 0 Å². The SMILES string of the molecule is CC[C@]1(CCC(=O)OC)CCCNC1. The van der Waals surface area contributed by atoms with Gasteiger partial charge in [0.25, 0.3) is 0 Å². The summed E-state index contributed by atoms with van der Waals surface area (Å²) in [5, 5.41) is 3.42. The van der Waals surface area contributed by atoms with Crippen molar-refractivity contribution in [3.05, 3.63) is 0 Å². The van der Waals surface area contributed by atoms with Crippen LogP contribution in [0, 0.1) is 5.41 Å². The van der Waals surface area contributed by atoms with Crippen LogP contribution in [0.4, 0.5) is 0 Å². The number of methoxy groups -OCH3 is 1.